The van der Waals surface area contributed by atoms with Gasteiger partial charge in [0.25, 0.3) is 11.7 Å². The third-order valence-corrected chi connectivity index (χ3v) is 6.88. The van der Waals surface area contributed by atoms with E-state index in [1.165, 1.54) is 4.90 Å². The first-order valence-corrected chi connectivity index (χ1v) is 14.2. The third kappa shape index (κ3) is 7.51. The zero-order valence-electron chi connectivity index (χ0n) is 25.4. The Bertz CT molecular complexity index is 1450. The van der Waals surface area contributed by atoms with Crippen molar-refractivity contribution < 1.29 is 23.6 Å². The Morgan fingerprint density at radius 2 is 1.86 bits per heavy atom. The number of aryl methyl sites for hydroxylation is 1. The summed E-state index contributed by atoms with van der Waals surface area (Å²) in [5.41, 5.74) is 3.08. The van der Waals surface area contributed by atoms with Crippen molar-refractivity contribution in [2.75, 3.05) is 11.9 Å². The van der Waals surface area contributed by atoms with Crippen LogP contribution in [0.2, 0.25) is 0 Å². The number of carbonyl (C=O) groups is 3. The minimum Gasteiger partial charge on any atom is -0.444 e. The SMILES string of the molecule is Cc1cc(-c2ccncc2NC(=O)[C@H]2CCCCN2C(=O)OC(C)(C)C)ccc1CNC(=O)c1noc(C(C)(C)C)n1. The van der Waals surface area contributed by atoms with E-state index in [1.54, 1.807) is 12.4 Å². The van der Waals surface area contributed by atoms with Crippen LogP contribution >= 0.6 is 0 Å². The van der Waals surface area contributed by atoms with Gasteiger partial charge in [-0.1, -0.05) is 44.1 Å². The molecule has 1 aliphatic heterocycles. The van der Waals surface area contributed by atoms with Crippen molar-refractivity contribution in [1.29, 1.82) is 0 Å². The molecule has 42 heavy (non-hydrogen) atoms. The molecule has 3 amide bonds. The number of anilines is 1. The van der Waals surface area contributed by atoms with E-state index in [0.29, 0.717) is 24.5 Å². The van der Waals surface area contributed by atoms with Crippen LogP contribution in [-0.4, -0.2) is 56.1 Å². The normalized spacial score (nSPS) is 15.7. The van der Waals surface area contributed by atoms with E-state index in [-0.39, 0.29) is 23.7 Å². The Kier molecular flexibility index (Phi) is 8.98. The Morgan fingerprint density at radius 1 is 1.10 bits per heavy atom. The molecule has 2 N–H and O–H groups in total. The molecule has 0 aliphatic carbocycles. The van der Waals surface area contributed by atoms with Gasteiger partial charge in [-0.15, -0.1) is 0 Å². The van der Waals surface area contributed by atoms with E-state index in [4.69, 9.17) is 9.26 Å². The maximum absolute atomic E-state index is 13.4. The molecular weight excluding hydrogens is 536 g/mol. The van der Waals surface area contributed by atoms with E-state index in [2.05, 4.69) is 25.8 Å². The number of carbonyl (C=O) groups excluding carboxylic acids is 3. The molecule has 11 nitrogen and oxygen atoms in total. The predicted octanol–water partition coefficient (Wildman–Crippen LogP) is 5.40. The number of nitrogens with one attached hydrogen (secondary N) is 2. The number of aromatic nitrogens is 3. The number of ether oxygens (including phenoxy) is 1. The first kappa shape index (κ1) is 30.7. The fraction of sp³-hybridized carbons (Fsp3) is 0.484. The maximum Gasteiger partial charge on any atom is 0.410 e. The molecule has 1 aliphatic rings. The number of likely N-dealkylation sites (tertiary alicyclic amines) is 1. The second-order valence-electron chi connectivity index (χ2n) is 12.6. The summed E-state index contributed by atoms with van der Waals surface area (Å²) >= 11 is 0. The minimum atomic E-state index is -0.651. The van der Waals surface area contributed by atoms with Crippen LogP contribution in [0, 0.1) is 6.92 Å². The topological polar surface area (TPSA) is 140 Å². The highest BCUT2D eigenvalue weighted by Gasteiger charge is 2.35. The summed E-state index contributed by atoms with van der Waals surface area (Å²) < 4.78 is 10.8. The molecule has 0 unspecified atom stereocenters. The van der Waals surface area contributed by atoms with Gasteiger partial charge in [0.05, 0.1) is 11.9 Å². The van der Waals surface area contributed by atoms with Gasteiger partial charge in [0, 0.05) is 30.3 Å². The highest BCUT2D eigenvalue weighted by molar-refractivity contribution is 5.99. The summed E-state index contributed by atoms with van der Waals surface area (Å²) in [5.74, 6) is -0.300. The first-order valence-electron chi connectivity index (χ1n) is 14.2. The number of hydrogen-bond donors (Lipinski definition) is 2. The van der Waals surface area contributed by atoms with Crippen LogP contribution in [0.5, 0.6) is 0 Å². The number of amides is 3. The Labute approximate surface area is 246 Å². The van der Waals surface area contributed by atoms with Crippen LogP contribution in [0.15, 0.2) is 41.2 Å². The van der Waals surface area contributed by atoms with Crippen LogP contribution in [0.4, 0.5) is 10.5 Å². The summed E-state index contributed by atoms with van der Waals surface area (Å²) in [4.78, 5) is 48.8. The van der Waals surface area contributed by atoms with Gasteiger partial charge in [-0.2, -0.15) is 4.98 Å². The van der Waals surface area contributed by atoms with Crippen LogP contribution < -0.4 is 10.6 Å². The van der Waals surface area contributed by atoms with Crippen molar-refractivity contribution in [3.05, 3.63) is 59.5 Å². The fourth-order valence-corrected chi connectivity index (χ4v) is 4.64. The van der Waals surface area contributed by atoms with Crippen molar-refractivity contribution >= 4 is 23.6 Å². The summed E-state index contributed by atoms with van der Waals surface area (Å²) in [6.45, 7) is 13.9. The summed E-state index contributed by atoms with van der Waals surface area (Å²) in [6, 6.07) is 7.05. The number of nitrogens with zero attached hydrogens (tertiary/aromatic N) is 4. The molecule has 224 valence electrons. The Balaban J connectivity index is 1.46. The fourth-order valence-electron chi connectivity index (χ4n) is 4.64. The molecule has 0 spiro atoms. The second-order valence-corrected chi connectivity index (χ2v) is 12.6. The van der Waals surface area contributed by atoms with Gasteiger partial charge in [-0.05, 0) is 69.7 Å². The van der Waals surface area contributed by atoms with E-state index < -0.39 is 23.6 Å². The van der Waals surface area contributed by atoms with Crippen LogP contribution in [0.25, 0.3) is 11.1 Å². The lowest BCUT2D eigenvalue weighted by atomic mass is 9.97. The highest BCUT2D eigenvalue weighted by Crippen LogP contribution is 2.30. The lowest BCUT2D eigenvalue weighted by Gasteiger charge is -2.35. The maximum atomic E-state index is 13.4. The molecule has 0 saturated carbocycles. The molecule has 2 aromatic heterocycles. The first-order chi connectivity index (χ1) is 19.7. The van der Waals surface area contributed by atoms with Gasteiger partial charge in [-0.3, -0.25) is 19.5 Å². The number of hydrogen-bond acceptors (Lipinski definition) is 8. The summed E-state index contributed by atoms with van der Waals surface area (Å²) in [7, 11) is 0. The van der Waals surface area contributed by atoms with Crippen molar-refractivity contribution in [3.63, 3.8) is 0 Å². The van der Waals surface area contributed by atoms with Crippen molar-refractivity contribution in [1.82, 2.24) is 25.3 Å². The molecular formula is C31H40N6O5. The smallest absolute Gasteiger partial charge is 0.410 e. The molecule has 1 aromatic carbocycles. The van der Waals surface area contributed by atoms with E-state index in [0.717, 1.165) is 35.1 Å². The lowest BCUT2D eigenvalue weighted by Crippen LogP contribution is -2.51. The predicted molar refractivity (Wildman–Crippen MR) is 158 cm³/mol. The standard InChI is InChI=1S/C31H40N6O5/c1-19-16-20(11-12-21(19)17-33-27(39)25-35-28(42-36-25)30(2,3)4)22-13-14-32-18-23(22)34-26(38)24-10-8-9-15-37(24)29(40)41-31(5,6)7/h11-14,16,18,24H,8-10,15,17H2,1-7H3,(H,33,39)(H,34,38)/t24-/m1/s1. The molecule has 1 atom stereocenters. The molecule has 1 saturated heterocycles. The van der Waals surface area contributed by atoms with Gasteiger partial charge in [-0.25, -0.2) is 4.79 Å². The van der Waals surface area contributed by atoms with Crippen molar-refractivity contribution in [3.8, 4) is 11.1 Å². The number of piperidine rings is 1. The van der Waals surface area contributed by atoms with Gasteiger partial charge in [0.1, 0.15) is 11.6 Å². The average Bonchev–Trinajstić information content (AvgIpc) is 3.43. The summed E-state index contributed by atoms with van der Waals surface area (Å²) in [5, 5.41) is 9.65. The molecule has 11 heteroatoms. The van der Waals surface area contributed by atoms with Crippen molar-refractivity contribution in [2.45, 2.75) is 91.3 Å². The van der Waals surface area contributed by atoms with Crippen LogP contribution in [0.1, 0.15) is 88.4 Å². The van der Waals surface area contributed by atoms with E-state index in [9.17, 15) is 14.4 Å². The lowest BCUT2D eigenvalue weighted by molar-refractivity contribution is -0.122. The van der Waals surface area contributed by atoms with Crippen molar-refractivity contribution in [2.24, 2.45) is 0 Å². The minimum absolute atomic E-state index is 0.00503. The van der Waals surface area contributed by atoms with E-state index in [1.807, 2.05) is 72.7 Å². The molecule has 1 fully saturated rings. The molecule has 4 rings (SSSR count). The molecule has 3 heterocycles. The van der Waals surface area contributed by atoms with Gasteiger partial charge >= 0.3 is 6.09 Å². The van der Waals surface area contributed by atoms with Gasteiger partial charge in [0.15, 0.2) is 0 Å². The third-order valence-electron chi connectivity index (χ3n) is 6.88. The quantitative estimate of drug-likeness (QED) is 0.398. The number of benzene rings is 1. The Hall–Kier alpha value is -4.28. The number of pyridine rings is 1. The largest absolute Gasteiger partial charge is 0.444 e. The zero-order chi connectivity index (χ0) is 30.7. The molecule has 0 radical (unpaired) electrons. The monoisotopic (exact) mass is 576 g/mol. The Morgan fingerprint density at radius 3 is 2.52 bits per heavy atom. The highest BCUT2D eigenvalue weighted by atomic mass is 16.6. The number of rotatable bonds is 6. The zero-order valence-corrected chi connectivity index (χ0v) is 25.4. The molecule has 0 bridgehead atoms. The van der Waals surface area contributed by atoms with Crippen LogP contribution in [0.3, 0.4) is 0 Å². The average molecular weight is 577 g/mol. The second kappa shape index (κ2) is 12.3. The molecule has 3 aromatic rings. The van der Waals surface area contributed by atoms with Gasteiger partial charge in [0.2, 0.25) is 11.8 Å². The van der Waals surface area contributed by atoms with Gasteiger partial charge < -0.3 is 19.9 Å². The van der Waals surface area contributed by atoms with E-state index >= 15 is 0 Å². The summed E-state index contributed by atoms with van der Waals surface area (Å²) in [6.07, 6.45) is 5.01. The van der Waals surface area contributed by atoms with Crippen LogP contribution in [-0.2, 0) is 21.5 Å².